The first kappa shape index (κ1) is 32.9. The smallest absolute Gasteiger partial charge is 0.102 e. The second kappa shape index (κ2) is 25.5. The molecule has 0 fully saturated rings. The number of aliphatic hydroxyl groups excluding tert-OH is 2. The SMILES string of the molecule is CCCCCCCCc1ccc(C(O)COCCOCCOCCOCCOCCOCCO)cc1. The first-order chi connectivity index (χ1) is 17.8. The second-order valence-corrected chi connectivity index (χ2v) is 8.64. The molecule has 1 unspecified atom stereocenters. The minimum Gasteiger partial charge on any atom is -0.394 e. The van der Waals surface area contributed by atoms with E-state index in [0.29, 0.717) is 72.7 Å². The van der Waals surface area contributed by atoms with E-state index in [1.165, 1.54) is 44.1 Å². The summed E-state index contributed by atoms with van der Waals surface area (Å²) in [4.78, 5) is 0. The van der Waals surface area contributed by atoms with Crippen molar-refractivity contribution in [3.05, 3.63) is 35.4 Å². The summed E-state index contributed by atoms with van der Waals surface area (Å²) < 4.78 is 32.3. The first-order valence-electron chi connectivity index (χ1n) is 13.6. The highest BCUT2D eigenvalue weighted by Gasteiger charge is 2.07. The Morgan fingerprint density at radius 3 is 1.53 bits per heavy atom. The van der Waals surface area contributed by atoms with Crippen LogP contribution >= 0.6 is 0 Å². The lowest BCUT2D eigenvalue weighted by Crippen LogP contribution is -2.15. The third-order valence-corrected chi connectivity index (χ3v) is 5.55. The van der Waals surface area contributed by atoms with E-state index < -0.39 is 6.10 Å². The zero-order valence-electron chi connectivity index (χ0n) is 22.4. The molecule has 8 heteroatoms. The molecule has 0 amide bonds. The number of hydrogen-bond acceptors (Lipinski definition) is 8. The number of benzene rings is 1. The molecule has 210 valence electrons. The van der Waals surface area contributed by atoms with Crippen LogP contribution in [0.1, 0.15) is 62.7 Å². The molecular weight excluding hydrogens is 464 g/mol. The fourth-order valence-corrected chi connectivity index (χ4v) is 3.47. The predicted molar refractivity (Wildman–Crippen MR) is 140 cm³/mol. The van der Waals surface area contributed by atoms with Crippen LogP contribution in [0.5, 0.6) is 0 Å². The van der Waals surface area contributed by atoms with Crippen molar-refractivity contribution < 1.29 is 38.6 Å². The van der Waals surface area contributed by atoms with Crippen molar-refractivity contribution in [3.8, 4) is 0 Å². The first-order valence-corrected chi connectivity index (χ1v) is 13.6. The molecule has 0 heterocycles. The normalized spacial score (nSPS) is 12.3. The molecule has 0 saturated heterocycles. The van der Waals surface area contributed by atoms with Gasteiger partial charge in [-0.2, -0.15) is 0 Å². The summed E-state index contributed by atoms with van der Waals surface area (Å²) in [5, 5.41) is 18.9. The van der Waals surface area contributed by atoms with E-state index >= 15 is 0 Å². The van der Waals surface area contributed by atoms with E-state index in [9.17, 15) is 5.11 Å². The van der Waals surface area contributed by atoms with Crippen LogP contribution in [0.15, 0.2) is 24.3 Å². The Balaban J connectivity index is 1.87. The number of rotatable bonds is 27. The zero-order valence-corrected chi connectivity index (χ0v) is 22.4. The minimum absolute atomic E-state index is 0.0287. The predicted octanol–water partition coefficient (Wildman–Crippen LogP) is 3.71. The van der Waals surface area contributed by atoms with E-state index in [0.717, 1.165) is 12.0 Å². The third kappa shape index (κ3) is 20.0. The van der Waals surface area contributed by atoms with Gasteiger partial charge in [0.2, 0.25) is 0 Å². The van der Waals surface area contributed by atoms with Crippen LogP contribution in [-0.2, 0) is 34.8 Å². The van der Waals surface area contributed by atoms with Gasteiger partial charge in [-0.25, -0.2) is 0 Å². The summed E-state index contributed by atoms with van der Waals surface area (Å²) in [7, 11) is 0. The number of aliphatic hydroxyl groups is 2. The summed E-state index contributed by atoms with van der Waals surface area (Å²) in [6.45, 7) is 7.73. The maximum absolute atomic E-state index is 10.3. The number of aryl methyl sites for hydroxylation is 1. The third-order valence-electron chi connectivity index (χ3n) is 5.55. The van der Waals surface area contributed by atoms with Gasteiger partial charge < -0.3 is 38.6 Å². The largest absolute Gasteiger partial charge is 0.394 e. The summed E-state index contributed by atoms with van der Waals surface area (Å²) >= 11 is 0. The van der Waals surface area contributed by atoms with Gasteiger partial charge in [0.25, 0.3) is 0 Å². The van der Waals surface area contributed by atoms with Crippen LogP contribution in [0.25, 0.3) is 0 Å². The number of hydrogen-bond donors (Lipinski definition) is 2. The molecule has 0 saturated carbocycles. The second-order valence-electron chi connectivity index (χ2n) is 8.64. The van der Waals surface area contributed by atoms with Crippen molar-refractivity contribution in [2.75, 3.05) is 85.9 Å². The Morgan fingerprint density at radius 1 is 0.583 bits per heavy atom. The molecule has 1 aromatic rings. The van der Waals surface area contributed by atoms with Crippen LogP contribution in [0.4, 0.5) is 0 Å². The van der Waals surface area contributed by atoms with Gasteiger partial charge in [-0.05, 0) is 24.0 Å². The zero-order chi connectivity index (χ0) is 25.9. The highest BCUT2D eigenvalue weighted by atomic mass is 16.6. The van der Waals surface area contributed by atoms with Crippen LogP contribution in [-0.4, -0.2) is 96.1 Å². The summed E-state index contributed by atoms with van der Waals surface area (Å²) in [5.74, 6) is 0. The summed E-state index contributed by atoms with van der Waals surface area (Å²) in [6.07, 6.45) is 8.31. The van der Waals surface area contributed by atoms with E-state index in [4.69, 9.17) is 33.5 Å². The number of unbranched alkanes of at least 4 members (excludes halogenated alkanes) is 5. The molecule has 0 spiro atoms. The molecule has 0 bridgehead atoms. The maximum Gasteiger partial charge on any atom is 0.102 e. The Labute approximate surface area is 218 Å². The molecule has 0 aliphatic heterocycles. The van der Waals surface area contributed by atoms with Gasteiger partial charge in [0, 0.05) is 0 Å². The lowest BCUT2D eigenvalue weighted by Gasteiger charge is -2.13. The van der Waals surface area contributed by atoms with E-state index in [2.05, 4.69) is 19.1 Å². The van der Waals surface area contributed by atoms with Gasteiger partial charge in [-0.15, -0.1) is 0 Å². The summed E-state index contributed by atoms with van der Waals surface area (Å²) in [6, 6.07) is 8.23. The molecule has 1 atom stereocenters. The van der Waals surface area contributed by atoms with E-state index in [1.807, 2.05) is 12.1 Å². The van der Waals surface area contributed by atoms with Crippen molar-refractivity contribution in [1.82, 2.24) is 0 Å². The minimum atomic E-state index is -0.624. The van der Waals surface area contributed by atoms with E-state index in [-0.39, 0.29) is 13.2 Å². The van der Waals surface area contributed by atoms with Gasteiger partial charge in [0.15, 0.2) is 0 Å². The van der Waals surface area contributed by atoms with Crippen LogP contribution in [0.2, 0.25) is 0 Å². The van der Waals surface area contributed by atoms with Gasteiger partial charge in [-0.3, -0.25) is 0 Å². The lowest BCUT2D eigenvalue weighted by molar-refractivity contribution is -0.0246. The molecule has 0 radical (unpaired) electrons. The maximum atomic E-state index is 10.3. The van der Waals surface area contributed by atoms with Crippen LogP contribution < -0.4 is 0 Å². The Hall–Kier alpha value is -1.10. The quantitative estimate of drug-likeness (QED) is 0.172. The van der Waals surface area contributed by atoms with Gasteiger partial charge in [0.1, 0.15) is 6.10 Å². The fraction of sp³-hybridized carbons (Fsp3) is 0.786. The Bertz CT molecular complexity index is 569. The highest BCUT2D eigenvalue weighted by molar-refractivity contribution is 5.24. The van der Waals surface area contributed by atoms with Crippen molar-refractivity contribution in [2.45, 2.75) is 58.0 Å². The fourth-order valence-electron chi connectivity index (χ4n) is 3.47. The van der Waals surface area contributed by atoms with Gasteiger partial charge >= 0.3 is 0 Å². The average Bonchev–Trinajstić information content (AvgIpc) is 2.90. The molecule has 1 aromatic carbocycles. The molecule has 0 aromatic heterocycles. The molecule has 2 N–H and O–H groups in total. The standard InChI is InChI=1S/C28H50O8/c1-2-3-4-5-6-7-8-26-9-11-27(12-10-26)28(30)25-36-24-23-35-22-21-34-20-19-33-18-17-32-16-15-31-14-13-29/h9-12,28-30H,2-8,13-25H2,1H3. The molecular formula is C28H50O8. The Kier molecular flexibility index (Phi) is 23.4. The average molecular weight is 515 g/mol. The van der Waals surface area contributed by atoms with Crippen LogP contribution in [0, 0.1) is 0 Å². The van der Waals surface area contributed by atoms with Gasteiger partial charge in [-0.1, -0.05) is 63.3 Å². The van der Waals surface area contributed by atoms with Crippen molar-refractivity contribution in [3.63, 3.8) is 0 Å². The van der Waals surface area contributed by atoms with Crippen molar-refractivity contribution in [2.24, 2.45) is 0 Å². The lowest BCUT2D eigenvalue weighted by atomic mass is 10.0. The molecule has 0 aliphatic rings. The molecule has 8 nitrogen and oxygen atoms in total. The molecule has 36 heavy (non-hydrogen) atoms. The van der Waals surface area contributed by atoms with Gasteiger partial charge in [0.05, 0.1) is 85.9 Å². The summed E-state index contributed by atoms with van der Waals surface area (Å²) in [5.41, 5.74) is 2.22. The highest BCUT2D eigenvalue weighted by Crippen LogP contribution is 2.16. The van der Waals surface area contributed by atoms with Crippen LogP contribution in [0.3, 0.4) is 0 Å². The van der Waals surface area contributed by atoms with Crippen molar-refractivity contribution >= 4 is 0 Å². The Morgan fingerprint density at radius 2 is 1.03 bits per heavy atom. The van der Waals surface area contributed by atoms with E-state index in [1.54, 1.807) is 0 Å². The monoisotopic (exact) mass is 514 g/mol. The molecule has 1 rings (SSSR count). The van der Waals surface area contributed by atoms with Crippen molar-refractivity contribution in [1.29, 1.82) is 0 Å². The topological polar surface area (TPSA) is 95.8 Å². The number of ether oxygens (including phenoxy) is 6. The molecule has 0 aliphatic carbocycles.